The number of fused-ring (bicyclic) bond motifs is 1. The van der Waals surface area contributed by atoms with E-state index in [-0.39, 0.29) is 41.0 Å². The van der Waals surface area contributed by atoms with E-state index < -0.39 is 6.04 Å². The highest BCUT2D eigenvalue weighted by Gasteiger charge is 2.53. The first kappa shape index (κ1) is 18.1. The quantitative estimate of drug-likeness (QED) is 0.825. The van der Waals surface area contributed by atoms with Gasteiger partial charge >= 0.3 is 0 Å². The third kappa shape index (κ3) is 2.71. The molecule has 3 unspecified atom stereocenters. The van der Waals surface area contributed by atoms with Crippen LogP contribution in [-0.4, -0.2) is 40.2 Å². The molecule has 0 radical (unpaired) electrons. The molecular formula is C20H19N3O5S. The molecule has 3 aliphatic rings. The van der Waals surface area contributed by atoms with Gasteiger partial charge < -0.3 is 14.6 Å². The molecule has 1 aromatic carbocycles. The third-order valence-corrected chi connectivity index (χ3v) is 6.53. The molecule has 1 aromatic heterocycles. The van der Waals surface area contributed by atoms with E-state index in [1.165, 1.54) is 34.9 Å². The Hall–Kier alpha value is -2.94. The molecule has 150 valence electrons. The molecule has 5 rings (SSSR count). The molecule has 2 aromatic rings. The van der Waals surface area contributed by atoms with Gasteiger partial charge in [-0.15, -0.1) is 10.2 Å². The molecule has 1 amide bonds. The normalized spacial score (nSPS) is 26.2. The van der Waals surface area contributed by atoms with E-state index in [0.29, 0.717) is 16.3 Å². The first-order valence-electron chi connectivity index (χ1n) is 9.51. The van der Waals surface area contributed by atoms with Crippen LogP contribution in [0.3, 0.4) is 0 Å². The number of ketones is 1. The molecule has 0 spiro atoms. The maximum Gasteiger partial charge on any atom is 0.296 e. The summed E-state index contributed by atoms with van der Waals surface area (Å²) in [7, 11) is 1.45. The zero-order valence-electron chi connectivity index (χ0n) is 15.7. The zero-order chi connectivity index (χ0) is 20.1. The number of anilines is 1. The molecule has 29 heavy (non-hydrogen) atoms. The van der Waals surface area contributed by atoms with Crippen molar-refractivity contribution in [1.82, 2.24) is 10.2 Å². The van der Waals surface area contributed by atoms with Gasteiger partial charge in [0.15, 0.2) is 23.0 Å². The van der Waals surface area contributed by atoms with Gasteiger partial charge in [-0.1, -0.05) is 23.8 Å². The Labute approximate surface area is 170 Å². The van der Waals surface area contributed by atoms with Gasteiger partial charge in [-0.05, 0) is 37.0 Å². The summed E-state index contributed by atoms with van der Waals surface area (Å²) < 4.78 is 11.3. The lowest BCUT2D eigenvalue weighted by molar-refractivity contribution is -0.131. The van der Waals surface area contributed by atoms with Gasteiger partial charge in [0.2, 0.25) is 5.13 Å². The molecule has 8 nitrogen and oxygen atoms in total. The molecule has 1 fully saturated rings. The number of carbonyl (C=O) groups excluding carboxylic acids is 2. The second-order valence-electron chi connectivity index (χ2n) is 7.38. The van der Waals surface area contributed by atoms with Crippen molar-refractivity contribution in [2.75, 3.05) is 12.0 Å². The van der Waals surface area contributed by atoms with Crippen LogP contribution >= 0.6 is 11.3 Å². The third-order valence-electron chi connectivity index (χ3n) is 5.84. The first-order valence-corrected chi connectivity index (χ1v) is 10.4. The number of rotatable bonds is 3. The van der Waals surface area contributed by atoms with E-state index in [2.05, 4.69) is 10.2 Å². The fourth-order valence-corrected chi connectivity index (χ4v) is 5.08. The summed E-state index contributed by atoms with van der Waals surface area (Å²) in [5.74, 6) is -0.284. The highest BCUT2D eigenvalue weighted by Crippen LogP contribution is 2.49. The number of hydrogen-bond acceptors (Lipinski definition) is 8. The molecule has 1 N–H and O–H groups in total. The van der Waals surface area contributed by atoms with Crippen LogP contribution in [0.1, 0.15) is 37.3 Å². The van der Waals surface area contributed by atoms with Gasteiger partial charge in [-0.3, -0.25) is 14.5 Å². The zero-order valence-corrected chi connectivity index (χ0v) is 16.5. The average molecular weight is 413 g/mol. The number of nitrogens with zero attached hydrogens (tertiary/aromatic N) is 3. The van der Waals surface area contributed by atoms with Crippen molar-refractivity contribution in [2.45, 2.75) is 37.8 Å². The van der Waals surface area contributed by atoms with E-state index in [4.69, 9.17) is 9.47 Å². The maximum absolute atomic E-state index is 13.5. The standard InChI is InChI=1S/C20H19N3O5S/c1-27-14-8-10(6-7-12(14)24)16-15-17(25)11-4-2-3-5-13(11)28-18(15)19(26)23(16)20-22-21-9-29-20/h6-9,11,13,16,24H,2-5H2,1H3. The van der Waals surface area contributed by atoms with Crippen molar-refractivity contribution < 1.29 is 24.2 Å². The number of benzene rings is 1. The number of amides is 1. The summed E-state index contributed by atoms with van der Waals surface area (Å²) >= 11 is 1.22. The van der Waals surface area contributed by atoms with Gasteiger partial charge in [-0.2, -0.15) is 0 Å². The van der Waals surface area contributed by atoms with Crippen molar-refractivity contribution >= 4 is 28.2 Å². The van der Waals surface area contributed by atoms with Crippen LogP contribution in [0.15, 0.2) is 35.0 Å². The van der Waals surface area contributed by atoms with E-state index in [0.717, 1.165) is 25.7 Å². The summed E-state index contributed by atoms with van der Waals surface area (Å²) in [6.45, 7) is 0. The van der Waals surface area contributed by atoms with E-state index >= 15 is 0 Å². The fourth-order valence-electron chi connectivity index (χ4n) is 4.49. The van der Waals surface area contributed by atoms with Gasteiger partial charge in [-0.25, -0.2) is 0 Å². The van der Waals surface area contributed by atoms with Crippen LogP contribution in [0, 0.1) is 5.92 Å². The van der Waals surface area contributed by atoms with Crippen LogP contribution in [0.25, 0.3) is 0 Å². The average Bonchev–Trinajstić information content (AvgIpc) is 3.35. The number of phenolic OH excluding ortho intramolecular Hbond substituents is 1. The number of ether oxygens (including phenoxy) is 2. The van der Waals surface area contributed by atoms with Crippen molar-refractivity contribution in [3.8, 4) is 11.5 Å². The second kappa shape index (κ2) is 6.84. The number of methoxy groups -OCH3 is 1. The van der Waals surface area contributed by atoms with Crippen LogP contribution in [-0.2, 0) is 14.3 Å². The maximum atomic E-state index is 13.5. The number of aromatic nitrogens is 2. The summed E-state index contributed by atoms with van der Waals surface area (Å²) in [5.41, 5.74) is 2.54. The van der Waals surface area contributed by atoms with Gasteiger partial charge in [0.25, 0.3) is 5.91 Å². The van der Waals surface area contributed by atoms with Gasteiger partial charge in [0.1, 0.15) is 11.6 Å². The fraction of sp³-hybridized carbons (Fsp3) is 0.400. The number of hydrogen-bond donors (Lipinski definition) is 1. The predicted molar refractivity (Wildman–Crippen MR) is 104 cm³/mol. The van der Waals surface area contributed by atoms with E-state index in [9.17, 15) is 14.7 Å². The smallest absolute Gasteiger partial charge is 0.296 e. The Kier molecular flexibility index (Phi) is 4.27. The summed E-state index contributed by atoms with van der Waals surface area (Å²) in [5, 5.41) is 18.3. The van der Waals surface area contributed by atoms with Crippen LogP contribution in [0.5, 0.6) is 11.5 Å². The van der Waals surface area contributed by atoms with Gasteiger partial charge in [0, 0.05) is 0 Å². The molecule has 2 aliphatic heterocycles. The molecule has 0 saturated heterocycles. The topological polar surface area (TPSA) is 102 Å². The Balaban J connectivity index is 1.67. The largest absolute Gasteiger partial charge is 0.504 e. The van der Waals surface area contributed by atoms with Crippen LogP contribution in [0.4, 0.5) is 5.13 Å². The van der Waals surface area contributed by atoms with Crippen molar-refractivity contribution in [2.24, 2.45) is 5.92 Å². The van der Waals surface area contributed by atoms with E-state index in [1.54, 1.807) is 12.1 Å². The Morgan fingerprint density at radius 2 is 2.10 bits per heavy atom. The Morgan fingerprint density at radius 3 is 2.86 bits per heavy atom. The molecule has 1 saturated carbocycles. The molecule has 1 aliphatic carbocycles. The molecule has 3 heterocycles. The lowest BCUT2D eigenvalue weighted by atomic mass is 9.77. The highest BCUT2D eigenvalue weighted by molar-refractivity contribution is 7.13. The molecule has 3 atom stereocenters. The summed E-state index contributed by atoms with van der Waals surface area (Å²) in [6.07, 6.45) is 3.26. The minimum atomic E-state index is -0.699. The first-order chi connectivity index (χ1) is 14.1. The van der Waals surface area contributed by atoms with Gasteiger partial charge in [0.05, 0.1) is 24.6 Å². The SMILES string of the molecule is COc1cc(C2C3=C(OC4CCCCC4C3=O)C(=O)N2c2nncs2)ccc1O. The van der Waals surface area contributed by atoms with Crippen molar-refractivity contribution in [3.05, 3.63) is 40.6 Å². The summed E-state index contributed by atoms with van der Waals surface area (Å²) in [6, 6.07) is 4.11. The Bertz CT molecular complexity index is 1020. The lowest BCUT2D eigenvalue weighted by Gasteiger charge is -2.35. The van der Waals surface area contributed by atoms with Crippen LogP contribution in [0.2, 0.25) is 0 Å². The summed E-state index contributed by atoms with van der Waals surface area (Å²) in [4.78, 5) is 28.3. The van der Waals surface area contributed by atoms with Crippen molar-refractivity contribution in [3.63, 3.8) is 0 Å². The molecule has 0 bridgehead atoms. The van der Waals surface area contributed by atoms with E-state index in [1.807, 2.05) is 0 Å². The number of phenols is 1. The predicted octanol–water partition coefficient (Wildman–Crippen LogP) is 2.75. The number of carbonyl (C=O) groups is 2. The van der Waals surface area contributed by atoms with Crippen molar-refractivity contribution in [1.29, 1.82) is 0 Å². The monoisotopic (exact) mass is 413 g/mol. The highest BCUT2D eigenvalue weighted by atomic mass is 32.1. The van der Waals surface area contributed by atoms with Crippen LogP contribution < -0.4 is 9.64 Å². The number of aromatic hydroxyl groups is 1. The minimum absolute atomic E-state index is 0.0178. The number of Topliss-reactive ketones (excluding diaryl/α,β-unsaturated/α-hetero) is 1. The lowest BCUT2D eigenvalue weighted by Crippen LogP contribution is -2.39. The minimum Gasteiger partial charge on any atom is -0.504 e. The molecular weight excluding hydrogens is 394 g/mol. The second-order valence-corrected chi connectivity index (χ2v) is 8.20. The molecule has 9 heteroatoms. The Morgan fingerprint density at radius 1 is 1.28 bits per heavy atom.